The van der Waals surface area contributed by atoms with Crippen LogP contribution in [0.1, 0.15) is 12.0 Å². The number of anilines is 1. The Hall–Kier alpha value is -1.76. The molecule has 0 bridgehead atoms. The molecule has 0 atom stereocenters. The quantitative estimate of drug-likeness (QED) is 0.771. The zero-order valence-electron chi connectivity index (χ0n) is 10.3. The molecule has 0 saturated carbocycles. The van der Waals surface area contributed by atoms with Crippen molar-refractivity contribution in [1.82, 2.24) is 5.32 Å². The van der Waals surface area contributed by atoms with E-state index in [0.29, 0.717) is 12.2 Å². The first-order chi connectivity index (χ1) is 8.90. The number of nitrogens with two attached hydrogens (primary N) is 1. The van der Waals surface area contributed by atoms with Crippen molar-refractivity contribution in [3.63, 3.8) is 0 Å². The van der Waals surface area contributed by atoms with Gasteiger partial charge in [-0.25, -0.2) is 4.79 Å². The van der Waals surface area contributed by atoms with Crippen molar-refractivity contribution in [2.75, 3.05) is 18.4 Å². The lowest BCUT2D eigenvalue weighted by atomic mass is 10.1. The van der Waals surface area contributed by atoms with Gasteiger partial charge in [-0.3, -0.25) is 0 Å². The molecular weight excluding hydrogens is 259 g/mol. The zero-order chi connectivity index (χ0) is 14.3. The fourth-order valence-electron chi connectivity index (χ4n) is 1.47. The third-order valence-corrected chi connectivity index (χ3v) is 2.30. The molecular formula is C12H16F3N3O. The second kappa shape index (κ2) is 6.98. The lowest BCUT2D eigenvalue weighted by Crippen LogP contribution is -2.36. The zero-order valence-corrected chi connectivity index (χ0v) is 10.3. The van der Waals surface area contributed by atoms with Crippen LogP contribution in [-0.4, -0.2) is 25.3 Å². The molecule has 0 unspecified atom stereocenters. The maximum absolute atomic E-state index is 11.9. The highest BCUT2D eigenvalue weighted by Gasteiger charge is 2.27. The molecule has 4 nitrogen and oxygen atoms in total. The number of alkyl halides is 3. The fourth-order valence-corrected chi connectivity index (χ4v) is 1.47. The Labute approximate surface area is 109 Å². The average Bonchev–Trinajstić information content (AvgIpc) is 2.33. The number of carbonyl (C=O) groups is 1. The summed E-state index contributed by atoms with van der Waals surface area (Å²) in [7, 11) is 0. The van der Waals surface area contributed by atoms with Gasteiger partial charge in [-0.2, -0.15) is 13.2 Å². The van der Waals surface area contributed by atoms with Crippen LogP contribution in [0.5, 0.6) is 0 Å². The van der Waals surface area contributed by atoms with Crippen molar-refractivity contribution in [1.29, 1.82) is 0 Å². The van der Waals surface area contributed by atoms with E-state index in [0.717, 1.165) is 18.4 Å². The van der Waals surface area contributed by atoms with Gasteiger partial charge in [-0.15, -0.1) is 0 Å². The van der Waals surface area contributed by atoms with Crippen molar-refractivity contribution in [3.05, 3.63) is 29.8 Å². The number of rotatable bonds is 5. The van der Waals surface area contributed by atoms with Gasteiger partial charge in [0.1, 0.15) is 6.54 Å². The molecule has 0 aliphatic rings. The van der Waals surface area contributed by atoms with Crippen LogP contribution in [0.4, 0.5) is 23.7 Å². The predicted molar refractivity (Wildman–Crippen MR) is 66.9 cm³/mol. The van der Waals surface area contributed by atoms with Crippen molar-refractivity contribution in [3.8, 4) is 0 Å². The first-order valence-corrected chi connectivity index (χ1v) is 5.81. The van der Waals surface area contributed by atoms with Gasteiger partial charge in [-0.1, -0.05) is 12.1 Å². The van der Waals surface area contributed by atoms with Gasteiger partial charge >= 0.3 is 12.2 Å². The molecule has 1 aromatic rings. The number of urea groups is 1. The normalized spacial score (nSPS) is 11.2. The van der Waals surface area contributed by atoms with Crippen LogP contribution in [0, 0.1) is 0 Å². The average molecular weight is 275 g/mol. The lowest BCUT2D eigenvalue weighted by Gasteiger charge is -2.10. The summed E-state index contributed by atoms with van der Waals surface area (Å²) >= 11 is 0. The molecule has 1 aromatic carbocycles. The van der Waals surface area contributed by atoms with Crippen LogP contribution in [0.25, 0.3) is 0 Å². The fraction of sp³-hybridized carbons (Fsp3) is 0.417. The number of benzene rings is 1. The summed E-state index contributed by atoms with van der Waals surface area (Å²) in [4.78, 5) is 11.2. The van der Waals surface area contributed by atoms with Gasteiger partial charge in [0.05, 0.1) is 0 Å². The standard InChI is InChI=1S/C12H16F3N3O/c13-12(14,15)8-17-11(19)18-10-5-1-3-9(7-10)4-2-6-16/h1,3,5,7H,2,4,6,8,16H2,(H2,17,18,19). The van der Waals surface area contributed by atoms with Gasteiger partial charge in [-0.05, 0) is 37.1 Å². The largest absolute Gasteiger partial charge is 0.405 e. The highest BCUT2D eigenvalue weighted by atomic mass is 19.4. The molecule has 4 N–H and O–H groups in total. The maximum atomic E-state index is 11.9. The predicted octanol–water partition coefficient (Wildman–Crippen LogP) is 2.26. The van der Waals surface area contributed by atoms with Crippen LogP contribution in [0.3, 0.4) is 0 Å². The minimum Gasteiger partial charge on any atom is -0.330 e. The summed E-state index contributed by atoms with van der Waals surface area (Å²) in [5, 5.41) is 4.09. The van der Waals surface area contributed by atoms with Crippen LogP contribution >= 0.6 is 0 Å². The molecule has 19 heavy (non-hydrogen) atoms. The van der Waals surface area contributed by atoms with E-state index in [-0.39, 0.29) is 0 Å². The Bertz CT molecular complexity index is 421. The minimum absolute atomic E-state index is 0.453. The Kier molecular flexibility index (Phi) is 5.62. The number of halogens is 3. The summed E-state index contributed by atoms with van der Waals surface area (Å²) < 4.78 is 35.7. The Morgan fingerprint density at radius 1 is 1.32 bits per heavy atom. The van der Waals surface area contributed by atoms with Crippen LogP contribution in [0.2, 0.25) is 0 Å². The summed E-state index contributed by atoms with van der Waals surface area (Å²) in [6.45, 7) is -0.796. The van der Waals surface area contributed by atoms with Gasteiger partial charge in [0.2, 0.25) is 0 Å². The van der Waals surface area contributed by atoms with Crippen LogP contribution in [0.15, 0.2) is 24.3 Å². The Morgan fingerprint density at radius 3 is 2.68 bits per heavy atom. The molecule has 0 saturated heterocycles. The van der Waals surface area contributed by atoms with Crippen molar-refractivity contribution >= 4 is 11.7 Å². The van der Waals surface area contributed by atoms with E-state index < -0.39 is 18.8 Å². The van der Waals surface area contributed by atoms with E-state index in [2.05, 4.69) is 5.32 Å². The molecule has 0 aliphatic heterocycles. The molecule has 106 valence electrons. The molecule has 0 radical (unpaired) electrons. The lowest BCUT2D eigenvalue weighted by molar-refractivity contribution is -0.122. The van der Waals surface area contributed by atoms with Crippen LogP contribution in [-0.2, 0) is 6.42 Å². The molecule has 0 spiro atoms. The Balaban J connectivity index is 2.49. The number of nitrogens with one attached hydrogen (secondary N) is 2. The van der Waals surface area contributed by atoms with E-state index >= 15 is 0 Å². The topological polar surface area (TPSA) is 67.1 Å². The smallest absolute Gasteiger partial charge is 0.330 e. The van der Waals surface area contributed by atoms with Gasteiger partial charge in [0, 0.05) is 5.69 Å². The molecule has 0 fully saturated rings. The minimum atomic E-state index is -4.42. The molecule has 2 amide bonds. The highest BCUT2D eigenvalue weighted by molar-refractivity contribution is 5.89. The monoisotopic (exact) mass is 275 g/mol. The summed E-state index contributed by atoms with van der Waals surface area (Å²) in [6.07, 6.45) is -2.85. The Morgan fingerprint density at radius 2 is 2.05 bits per heavy atom. The summed E-state index contributed by atoms with van der Waals surface area (Å²) in [6, 6.07) is 6.04. The SMILES string of the molecule is NCCCc1cccc(NC(=O)NCC(F)(F)F)c1. The molecule has 0 aliphatic carbocycles. The first-order valence-electron chi connectivity index (χ1n) is 5.81. The molecule has 1 rings (SSSR count). The van der Waals surface area contributed by atoms with Crippen molar-refractivity contribution in [2.45, 2.75) is 19.0 Å². The first kappa shape index (κ1) is 15.3. The molecule has 0 heterocycles. The van der Waals surface area contributed by atoms with Gasteiger partial charge < -0.3 is 16.4 Å². The van der Waals surface area contributed by atoms with Crippen molar-refractivity contribution < 1.29 is 18.0 Å². The number of hydrogen-bond donors (Lipinski definition) is 3. The van der Waals surface area contributed by atoms with E-state index in [1.165, 1.54) is 0 Å². The molecule has 0 aromatic heterocycles. The third-order valence-electron chi connectivity index (χ3n) is 2.30. The summed E-state index contributed by atoms with van der Waals surface area (Å²) in [5.74, 6) is 0. The third kappa shape index (κ3) is 6.66. The van der Waals surface area contributed by atoms with E-state index in [1.54, 1.807) is 23.5 Å². The summed E-state index contributed by atoms with van der Waals surface area (Å²) in [5.41, 5.74) is 6.81. The van der Waals surface area contributed by atoms with Gasteiger partial charge in [0.25, 0.3) is 0 Å². The molecule has 7 heteroatoms. The second-order valence-electron chi connectivity index (χ2n) is 4.02. The van der Waals surface area contributed by atoms with Crippen molar-refractivity contribution in [2.24, 2.45) is 5.73 Å². The van der Waals surface area contributed by atoms with Gasteiger partial charge in [0.15, 0.2) is 0 Å². The number of aryl methyl sites for hydroxylation is 1. The van der Waals surface area contributed by atoms with E-state index in [1.807, 2.05) is 6.07 Å². The van der Waals surface area contributed by atoms with E-state index in [4.69, 9.17) is 5.73 Å². The second-order valence-corrected chi connectivity index (χ2v) is 4.02. The number of amides is 2. The number of carbonyl (C=O) groups excluding carboxylic acids is 1. The number of hydrogen-bond acceptors (Lipinski definition) is 2. The maximum Gasteiger partial charge on any atom is 0.405 e. The van der Waals surface area contributed by atoms with E-state index in [9.17, 15) is 18.0 Å². The van der Waals surface area contributed by atoms with Crippen LogP contribution < -0.4 is 16.4 Å². The highest BCUT2D eigenvalue weighted by Crippen LogP contribution is 2.14.